The standard InChI is InChI=1S/C34H47N5O3/c1-4-25-10-15-37(21-25)14-5-6-32(40)38-16-11-26(22-38)12-17-39-23-29(33-31(35)9-13-36-34(33)39)8-7-27-18-28(24-41-2)20-30(19-27)42-3/h9,13,19-20,23,25-26,28H,4-6,10-12,14-18,21-22,24H2,1-3H3,(H2,35,36). The van der Waals surface area contributed by atoms with Crippen LogP contribution in [0.25, 0.3) is 11.0 Å². The number of allylic oxidation sites excluding steroid dienone is 2. The van der Waals surface area contributed by atoms with Crippen molar-refractivity contribution in [2.45, 2.75) is 58.4 Å². The van der Waals surface area contributed by atoms with Gasteiger partial charge in [-0.15, -0.1) is 0 Å². The predicted octanol–water partition coefficient (Wildman–Crippen LogP) is 4.84. The molecule has 2 aromatic heterocycles. The number of fused-ring (bicyclic) bond motifs is 1. The van der Waals surface area contributed by atoms with Crippen molar-refractivity contribution in [3.63, 3.8) is 0 Å². The van der Waals surface area contributed by atoms with Crippen molar-refractivity contribution in [3.05, 3.63) is 47.5 Å². The third-order valence-electron chi connectivity index (χ3n) is 9.19. The van der Waals surface area contributed by atoms with Gasteiger partial charge < -0.3 is 29.6 Å². The number of anilines is 1. The predicted molar refractivity (Wildman–Crippen MR) is 168 cm³/mol. The molecule has 226 valence electrons. The first kappa shape index (κ1) is 30.2. The molecule has 42 heavy (non-hydrogen) atoms. The Balaban J connectivity index is 1.18. The Kier molecular flexibility index (Phi) is 10.2. The Morgan fingerprint density at radius 2 is 2.00 bits per heavy atom. The van der Waals surface area contributed by atoms with E-state index in [-0.39, 0.29) is 5.92 Å². The second kappa shape index (κ2) is 14.3. The summed E-state index contributed by atoms with van der Waals surface area (Å²) in [5.74, 6) is 9.47. The minimum atomic E-state index is 0.240. The number of amides is 1. The SMILES string of the molecule is CCC1CCN(CCCC(=O)N2CCC(CCn3cc(C#CC4=CC(OC)=CC(COC)C4)c4c(N)ccnc43)C2)C1. The number of rotatable bonds is 11. The highest BCUT2D eigenvalue weighted by molar-refractivity contribution is 5.94. The molecule has 0 radical (unpaired) electrons. The fourth-order valence-electron chi connectivity index (χ4n) is 6.72. The first-order valence-corrected chi connectivity index (χ1v) is 15.7. The van der Waals surface area contributed by atoms with Gasteiger partial charge in [-0.2, -0.15) is 0 Å². The van der Waals surface area contributed by atoms with Gasteiger partial charge in [0.1, 0.15) is 11.4 Å². The highest BCUT2D eigenvalue weighted by Crippen LogP contribution is 2.28. The van der Waals surface area contributed by atoms with E-state index in [4.69, 9.17) is 15.2 Å². The number of methoxy groups -OCH3 is 2. The van der Waals surface area contributed by atoms with E-state index in [0.717, 1.165) is 85.7 Å². The molecule has 1 amide bonds. The molecule has 0 spiro atoms. The van der Waals surface area contributed by atoms with Crippen molar-refractivity contribution < 1.29 is 14.3 Å². The van der Waals surface area contributed by atoms with Crippen LogP contribution in [0.4, 0.5) is 5.69 Å². The number of carbonyl (C=O) groups is 1. The molecular weight excluding hydrogens is 526 g/mol. The summed E-state index contributed by atoms with van der Waals surface area (Å²) in [6.45, 7) is 8.91. The van der Waals surface area contributed by atoms with Crippen molar-refractivity contribution in [3.8, 4) is 11.8 Å². The van der Waals surface area contributed by atoms with Crippen LogP contribution in [-0.4, -0.2) is 78.8 Å². The number of nitrogen functional groups attached to an aromatic ring is 1. The van der Waals surface area contributed by atoms with Crippen molar-refractivity contribution >= 4 is 22.6 Å². The average Bonchev–Trinajstić information content (AvgIpc) is 3.74. The second-order valence-electron chi connectivity index (χ2n) is 12.2. The lowest BCUT2D eigenvalue weighted by Crippen LogP contribution is -2.30. The fraction of sp³-hybridized carbons (Fsp3) is 0.588. The number of aryl methyl sites for hydroxylation is 1. The van der Waals surface area contributed by atoms with Crippen LogP contribution in [0.1, 0.15) is 57.4 Å². The van der Waals surface area contributed by atoms with Gasteiger partial charge in [-0.25, -0.2) is 4.98 Å². The van der Waals surface area contributed by atoms with E-state index < -0.39 is 0 Å². The molecule has 3 unspecified atom stereocenters. The van der Waals surface area contributed by atoms with Crippen LogP contribution in [-0.2, 0) is 20.8 Å². The first-order valence-electron chi connectivity index (χ1n) is 15.7. The lowest BCUT2D eigenvalue weighted by molar-refractivity contribution is -0.130. The van der Waals surface area contributed by atoms with E-state index in [1.54, 1.807) is 20.4 Å². The van der Waals surface area contributed by atoms with Crippen molar-refractivity contribution in [2.24, 2.45) is 17.8 Å². The van der Waals surface area contributed by atoms with Crippen LogP contribution in [0.15, 0.2) is 41.9 Å². The zero-order valence-electron chi connectivity index (χ0n) is 25.6. The number of nitrogens with zero attached hydrogens (tertiary/aromatic N) is 4. The van der Waals surface area contributed by atoms with Crippen molar-refractivity contribution in [1.29, 1.82) is 0 Å². The van der Waals surface area contributed by atoms with E-state index in [0.29, 0.717) is 30.5 Å². The summed E-state index contributed by atoms with van der Waals surface area (Å²) in [6, 6.07) is 1.84. The van der Waals surface area contributed by atoms with Crippen LogP contribution in [0.5, 0.6) is 0 Å². The Morgan fingerprint density at radius 3 is 2.79 bits per heavy atom. The van der Waals surface area contributed by atoms with Gasteiger partial charge in [-0.05, 0) is 75.2 Å². The molecular formula is C34H47N5O3. The van der Waals surface area contributed by atoms with Gasteiger partial charge in [0.05, 0.1) is 24.7 Å². The Hall–Kier alpha value is -3.28. The van der Waals surface area contributed by atoms with Gasteiger partial charge in [-0.3, -0.25) is 4.79 Å². The maximum absolute atomic E-state index is 12.9. The number of nitrogens with two attached hydrogens (primary N) is 1. The Bertz CT molecular complexity index is 1370. The maximum Gasteiger partial charge on any atom is 0.222 e. The molecule has 5 rings (SSSR count). The molecule has 0 saturated carbocycles. The third-order valence-corrected chi connectivity index (χ3v) is 9.19. The summed E-state index contributed by atoms with van der Waals surface area (Å²) in [6.07, 6.45) is 15.0. The minimum Gasteiger partial charge on any atom is -0.497 e. The topological polar surface area (TPSA) is 85.9 Å². The molecule has 2 N–H and O–H groups in total. The number of likely N-dealkylation sites (tertiary alicyclic amines) is 2. The molecule has 2 fully saturated rings. The van der Waals surface area contributed by atoms with Gasteiger partial charge in [0.15, 0.2) is 0 Å². The molecule has 0 bridgehead atoms. The fourth-order valence-corrected chi connectivity index (χ4v) is 6.72. The van der Waals surface area contributed by atoms with E-state index in [2.05, 4.69) is 50.4 Å². The van der Waals surface area contributed by atoms with Gasteiger partial charge in [0, 0.05) is 69.3 Å². The second-order valence-corrected chi connectivity index (χ2v) is 12.2. The van der Waals surface area contributed by atoms with E-state index in [1.807, 2.05) is 12.1 Å². The highest BCUT2D eigenvalue weighted by Gasteiger charge is 2.27. The van der Waals surface area contributed by atoms with Gasteiger partial charge in [0.25, 0.3) is 0 Å². The zero-order valence-corrected chi connectivity index (χ0v) is 25.6. The smallest absolute Gasteiger partial charge is 0.222 e. The number of aromatic nitrogens is 2. The zero-order chi connectivity index (χ0) is 29.5. The van der Waals surface area contributed by atoms with E-state index in [9.17, 15) is 4.79 Å². The molecule has 2 aliphatic heterocycles. The van der Waals surface area contributed by atoms with Gasteiger partial charge >= 0.3 is 0 Å². The molecule has 2 aromatic rings. The van der Waals surface area contributed by atoms with Crippen LogP contribution in [0.2, 0.25) is 0 Å². The summed E-state index contributed by atoms with van der Waals surface area (Å²) < 4.78 is 13.0. The van der Waals surface area contributed by atoms with Crippen LogP contribution < -0.4 is 5.73 Å². The van der Waals surface area contributed by atoms with E-state index >= 15 is 0 Å². The largest absolute Gasteiger partial charge is 0.497 e. The van der Waals surface area contributed by atoms with Crippen LogP contribution in [0, 0.1) is 29.6 Å². The summed E-state index contributed by atoms with van der Waals surface area (Å²) in [5, 5.41) is 0.906. The quantitative estimate of drug-likeness (QED) is 0.387. The number of hydrogen-bond donors (Lipinski definition) is 1. The molecule has 3 atom stereocenters. The summed E-state index contributed by atoms with van der Waals surface area (Å²) >= 11 is 0. The van der Waals surface area contributed by atoms with Crippen molar-refractivity contribution in [1.82, 2.24) is 19.4 Å². The number of hydrogen-bond acceptors (Lipinski definition) is 6. The molecule has 8 heteroatoms. The summed E-state index contributed by atoms with van der Waals surface area (Å²) in [5.41, 5.74) is 9.88. The summed E-state index contributed by atoms with van der Waals surface area (Å²) in [4.78, 5) is 22.2. The third kappa shape index (κ3) is 7.37. The normalized spacial score (nSPS) is 22.6. The van der Waals surface area contributed by atoms with Crippen LogP contribution >= 0.6 is 0 Å². The Morgan fingerprint density at radius 1 is 1.14 bits per heavy atom. The maximum atomic E-state index is 12.9. The Labute approximate surface area is 250 Å². The number of ether oxygens (including phenoxy) is 2. The molecule has 0 aromatic carbocycles. The first-order chi connectivity index (χ1) is 20.5. The molecule has 3 aliphatic rings. The molecule has 8 nitrogen and oxygen atoms in total. The average molecular weight is 574 g/mol. The number of carbonyl (C=O) groups excluding carboxylic acids is 1. The lowest BCUT2D eigenvalue weighted by Gasteiger charge is -2.19. The molecule has 1 aliphatic carbocycles. The van der Waals surface area contributed by atoms with Gasteiger partial charge in [-0.1, -0.05) is 25.2 Å². The van der Waals surface area contributed by atoms with Crippen LogP contribution in [0.3, 0.4) is 0 Å². The lowest BCUT2D eigenvalue weighted by atomic mass is 9.94. The minimum absolute atomic E-state index is 0.240. The number of pyridine rings is 1. The van der Waals surface area contributed by atoms with Gasteiger partial charge in [0.2, 0.25) is 5.91 Å². The summed E-state index contributed by atoms with van der Waals surface area (Å²) in [7, 11) is 3.39. The molecule has 4 heterocycles. The monoisotopic (exact) mass is 573 g/mol. The molecule has 2 saturated heterocycles. The highest BCUT2D eigenvalue weighted by atomic mass is 16.5. The van der Waals surface area contributed by atoms with E-state index in [1.165, 1.54) is 25.9 Å². The van der Waals surface area contributed by atoms with Crippen molar-refractivity contribution in [2.75, 3.05) is 59.3 Å².